The number of aromatic nitrogens is 1. The van der Waals surface area contributed by atoms with Gasteiger partial charge in [0.05, 0.1) is 16.4 Å². The van der Waals surface area contributed by atoms with Gasteiger partial charge < -0.3 is 16.2 Å². The van der Waals surface area contributed by atoms with E-state index in [4.69, 9.17) is 10.8 Å². The fourth-order valence-corrected chi connectivity index (χ4v) is 2.37. The number of pyridine rings is 1. The van der Waals surface area contributed by atoms with Gasteiger partial charge in [-0.2, -0.15) is 0 Å². The average Bonchev–Trinajstić information content (AvgIpc) is 2.35. The van der Waals surface area contributed by atoms with Crippen LogP contribution in [0.25, 0.3) is 0 Å². The predicted molar refractivity (Wildman–Crippen MR) is 79.7 cm³/mol. The summed E-state index contributed by atoms with van der Waals surface area (Å²) in [6.07, 6.45) is 4.73. The lowest BCUT2D eigenvalue weighted by Crippen LogP contribution is -2.17. The van der Waals surface area contributed by atoms with Gasteiger partial charge in [0, 0.05) is 13.2 Å². The number of rotatable bonds is 7. The van der Waals surface area contributed by atoms with E-state index < -0.39 is 0 Å². The van der Waals surface area contributed by atoms with E-state index in [1.807, 2.05) is 6.92 Å². The summed E-state index contributed by atoms with van der Waals surface area (Å²) in [6.45, 7) is 5.18. The molecule has 1 heterocycles. The van der Waals surface area contributed by atoms with Crippen LogP contribution in [0.1, 0.15) is 31.7 Å². The van der Waals surface area contributed by atoms with E-state index in [1.54, 1.807) is 6.20 Å². The molecule has 1 aromatic heterocycles. The molecule has 1 unspecified atom stereocenters. The maximum Gasteiger partial charge on any atom is 0.140 e. The van der Waals surface area contributed by atoms with Crippen molar-refractivity contribution in [1.82, 2.24) is 4.98 Å². The molecule has 102 valence electrons. The molecular formula is C13H22BrN3O. The number of nitrogen functional groups attached to an aromatic ring is 1. The summed E-state index contributed by atoms with van der Waals surface area (Å²) in [5, 5.41) is 12.4. The standard InChI is InChI=1S/C13H22BrN3O/c1-3-4-10(5-6-18)7-16-13-12(14)9(2)11(15)8-17-13/h8,10,18H,3-7,15H2,1-2H3,(H,16,17). The monoisotopic (exact) mass is 315 g/mol. The normalized spacial score (nSPS) is 12.4. The van der Waals surface area contributed by atoms with Crippen LogP contribution in [0.2, 0.25) is 0 Å². The number of anilines is 2. The highest BCUT2D eigenvalue weighted by atomic mass is 79.9. The molecule has 1 atom stereocenters. The Bertz CT molecular complexity index is 379. The summed E-state index contributed by atoms with van der Waals surface area (Å²) in [5.74, 6) is 1.30. The summed E-state index contributed by atoms with van der Waals surface area (Å²) in [5.41, 5.74) is 7.48. The van der Waals surface area contributed by atoms with E-state index in [0.29, 0.717) is 11.6 Å². The largest absolute Gasteiger partial charge is 0.397 e. The highest BCUT2D eigenvalue weighted by Gasteiger charge is 2.11. The zero-order chi connectivity index (χ0) is 13.5. The Morgan fingerprint density at radius 3 is 2.83 bits per heavy atom. The molecule has 0 saturated heterocycles. The minimum absolute atomic E-state index is 0.238. The van der Waals surface area contributed by atoms with Crippen molar-refractivity contribution in [2.24, 2.45) is 5.92 Å². The second-order valence-electron chi connectivity index (χ2n) is 4.55. The summed E-state index contributed by atoms with van der Waals surface area (Å²) in [6, 6.07) is 0. The quantitative estimate of drug-likeness (QED) is 0.723. The second-order valence-corrected chi connectivity index (χ2v) is 5.34. The van der Waals surface area contributed by atoms with Crippen LogP contribution in [0, 0.1) is 12.8 Å². The Balaban J connectivity index is 2.64. The minimum atomic E-state index is 0.238. The van der Waals surface area contributed by atoms with Crippen molar-refractivity contribution >= 4 is 27.4 Å². The molecule has 0 aromatic carbocycles. The number of nitrogens with two attached hydrogens (primary N) is 1. The number of aliphatic hydroxyl groups excluding tert-OH is 1. The van der Waals surface area contributed by atoms with Crippen LogP contribution < -0.4 is 11.1 Å². The molecule has 0 radical (unpaired) electrons. The number of halogens is 1. The van der Waals surface area contributed by atoms with Crippen molar-refractivity contribution in [2.45, 2.75) is 33.1 Å². The van der Waals surface area contributed by atoms with Crippen LogP contribution >= 0.6 is 15.9 Å². The fraction of sp³-hybridized carbons (Fsp3) is 0.615. The Hall–Kier alpha value is -0.810. The third-order valence-corrected chi connectivity index (χ3v) is 4.07. The average molecular weight is 316 g/mol. The smallest absolute Gasteiger partial charge is 0.140 e. The lowest BCUT2D eigenvalue weighted by molar-refractivity contribution is 0.255. The van der Waals surface area contributed by atoms with E-state index in [9.17, 15) is 0 Å². The molecule has 0 fully saturated rings. The van der Waals surface area contributed by atoms with Gasteiger partial charge in [-0.25, -0.2) is 4.98 Å². The van der Waals surface area contributed by atoms with Crippen molar-refractivity contribution in [3.05, 3.63) is 16.2 Å². The third-order valence-electron chi connectivity index (χ3n) is 3.10. The first-order chi connectivity index (χ1) is 8.60. The van der Waals surface area contributed by atoms with E-state index in [0.717, 1.165) is 41.7 Å². The zero-order valence-corrected chi connectivity index (χ0v) is 12.6. The Kier molecular flexibility index (Phi) is 6.43. The molecule has 0 aliphatic heterocycles. The molecule has 0 aliphatic rings. The first kappa shape index (κ1) is 15.2. The van der Waals surface area contributed by atoms with Crippen LogP contribution in [0.15, 0.2) is 10.7 Å². The maximum atomic E-state index is 9.03. The Morgan fingerprint density at radius 2 is 2.22 bits per heavy atom. The first-order valence-corrected chi connectivity index (χ1v) is 7.14. The van der Waals surface area contributed by atoms with E-state index in [1.165, 1.54) is 0 Å². The van der Waals surface area contributed by atoms with E-state index >= 15 is 0 Å². The molecule has 0 aliphatic carbocycles. The van der Waals surface area contributed by atoms with Crippen LogP contribution in [-0.2, 0) is 0 Å². The van der Waals surface area contributed by atoms with E-state index in [-0.39, 0.29) is 6.61 Å². The first-order valence-electron chi connectivity index (χ1n) is 6.35. The van der Waals surface area contributed by atoms with Gasteiger partial charge in [-0.1, -0.05) is 13.3 Å². The topological polar surface area (TPSA) is 71.2 Å². The van der Waals surface area contributed by atoms with Gasteiger partial charge in [0.25, 0.3) is 0 Å². The van der Waals surface area contributed by atoms with Crippen molar-refractivity contribution < 1.29 is 5.11 Å². The number of hydrogen-bond acceptors (Lipinski definition) is 4. The van der Waals surface area contributed by atoms with Crippen molar-refractivity contribution in [3.8, 4) is 0 Å². The van der Waals surface area contributed by atoms with Gasteiger partial charge in [-0.15, -0.1) is 0 Å². The molecule has 0 spiro atoms. The molecule has 4 nitrogen and oxygen atoms in total. The van der Waals surface area contributed by atoms with Crippen LogP contribution in [0.3, 0.4) is 0 Å². The van der Waals surface area contributed by atoms with Crippen LogP contribution in [0.4, 0.5) is 11.5 Å². The van der Waals surface area contributed by atoms with Gasteiger partial charge in [0.1, 0.15) is 5.82 Å². The SMILES string of the molecule is CCCC(CCO)CNc1ncc(N)c(C)c1Br. The summed E-state index contributed by atoms with van der Waals surface area (Å²) >= 11 is 3.50. The summed E-state index contributed by atoms with van der Waals surface area (Å²) < 4.78 is 0.918. The molecule has 0 saturated carbocycles. The summed E-state index contributed by atoms with van der Waals surface area (Å²) in [7, 11) is 0. The summed E-state index contributed by atoms with van der Waals surface area (Å²) in [4.78, 5) is 4.29. The van der Waals surface area contributed by atoms with Crippen LogP contribution in [-0.4, -0.2) is 23.2 Å². The van der Waals surface area contributed by atoms with Gasteiger partial charge in [0.15, 0.2) is 0 Å². The molecule has 4 N–H and O–H groups in total. The minimum Gasteiger partial charge on any atom is -0.397 e. The van der Waals surface area contributed by atoms with Crippen molar-refractivity contribution in [3.63, 3.8) is 0 Å². The number of nitrogens with zero attached hydrogens (tertiary/aromatic N) is 1. The second kappa shape index (κ2) is 7.59. The zero-order valence-electron chi connectivity index (χ0n) is 11.0. The van der Waals surface area contributed by atoms with Crippen LogP contribution in [0.5, 0.6) is 0 Å². The van der Waals surface area contributed by atoms with Gasteiger partial charge in [0.2, 0.25) is 0 Å². The van der Waals surface area contributed by atoms with Crippen molar-refractivity contribution in [2.75, 3.05) is 24.2 Å². The lowest BCUT2D eigenvalue weighted by Gasteiger charge is -2.17. The molecular weight excluding hydrogens is 294 g/mol. The van der Waals surface area contributed by atoms with E-state index in [2.05, 4.69) is 33.2 Å². The van der Waals surface area contributed by atoms with Crippen molar-refractivity contribution in [1.29, 1.82) is 0 Å². The Morgan fingerprint density at radius 1 is 1.50 bits per heavy atom. The molecule has 1 aromatic rings. The highest BCUT2D eigenvalue weighted by Crippen LogP contribution is 2.28. The molecule has 5 heteroatoms. The number of nitrogens with one attached hydrogen (secondary N) is 1. The molecule has 1 rings (SSSR count). The Labute approximate surface area is 117 Å². The number of hydrogen-bond donors (Lipinski definition) is 3. The molecule has 0 bridgehead atoms. The lowest BCUT2D eigenvalue weighted by atomic mass is 10.0. The maximum absolute atomic E-state index is 9.03. The highest BCUT2D eigenvalue weighted by molar-refractivity contribution is 9.10. The molecule has 0 amide bonds. The number of aliphatic hydroxyl groups is 1. The van der Waals surface area contributed by atoms with Gasteiger partial charge in [-0.3, -0.25) is 0 Å². The third kappa shape index (κ3) is 4.14. The molecule has 18 heavy (non-hydrogen) atoms. The predicted octanol–water partition coefficient (Wildman–Crippen LogP) is 2.95. The fourth-order valence-electron chi connectivity index (χ4n) is 1.90. The van der Waals surface area contributed by atoms with Gasteiger partial charge >= 0.3 is 0 Å². The van der Waals surface area contributed by atoms with Gasteiger partial charge in [-0.05, 0) is 47.2 Å².